The van der Waals surface area contributed by atoms with Crippen LogP contribution in [0.15, 0.2) is 24.3 Å². The number of hydrogen-bond donors (Lipinski definition) is 3. The van der Waals surface area contributed by atoms with Crippen molar-refractivity contribution in [2.75, 3.05) is 5.32 Å². The molecule has 0 bridgehead atoms. The van der Waals surface area contributed by atoms with E-state index in [1.165, 1.54) is 0 Å². The lowest BCUT2D eigenvalue weighted by Gasteiger charge is -2.12. The van der Waals surface area contributed by atoms with Gasteiger partial charge in [0.2, 0.25) is 5.91 Å². The first-order chi connectivity index (χ1) is 9.60. The lowest BCUT2D eigenvalue weighted by molar-refractivity contribution is -0.117. The minimum Gasteiger partial charge on any atom is -0.349 e. The molecule has 1 atom stereocenters. The van der Waals surface area contributed by atoms with Gasteiger partial charge >= 0.3 is 0 Å². The highest BCUT2D eigenvalue weighted by Crippen LogP contribution is 2.20. The van der Waals surface area contributed by atoms with Crippen LogP contribution in [-0.2, 0) is 4.79 Å². The maximum absolute atomic E-state index is 11.9. The molecule has 0 spiro atoms. The molecule has 1 aliphatic carbocycles. The Morgan fingerprint density at radius 1 is 1.40 bits per heavy atom. The summed E-state index contributed by atoms with van der Waals surface area (Å²) in [5, 5.41) is 5.66. The van der Waals surface area contributed by atoms with Crippen LogP contribution >= 0.6 is 0 Å². The first kappa shape index (κ1) is 14.5. The quantitative estimate of drug-likeness (QED) is 0.738. The lowest BCUT2D eigenvalue weighted by Crippen LogP contribution is -2.35. The number of amides is 2. The predicted molar refractivity (Wildman–Crippen MR) is 78.4 cm³/mol. The number of nitrogens with two attached hydrogens (primary N) is 1. The molecule has 0 heterocycles. The Kier molecular flexibility index (Phi) is 4.74. The molecule has 0 aromatic heterocycles. The number of hydrogen-bond acceptors (Lipinski definition) is 3. The zero-order valence-electron chi connectivity index (χ0n) is 11.7. The molecule has 0 radical (unpaired) electrons. The largest absolute Gasteiger partial charge is 0.349 e. The third-order valence-electron chi connectivity index (χ3n) is 3.24. The molecule has 1 aliphatic rings. The highest BCUT2D eigenvalue weighted by molar-refractivity contribution is 5.98. The van der Waals surface area contributed by atoms with E-state index in [-0.39, 0.29) is 11.8 Å². The topological polar surface area (TPSA) is 84.2 Å². The van der Waals surface area contributed by atoms with E-state index in [1.807, 2.05) is 6.92 Å². The van der Waals surface area contributed by atoms with Crippen LogP contribution in [0.5, 0.6) is 0 Å². The van der Waals surface area contributed by atoms with Gasteiger partial charge in [-0.25, -0.2) is 0 Å². The first-order valence-corrected chi connectivity index (χ1v) is 7.07. The van der Waals surface area contributed by atoms with Crippen molar-refractivity contribution < 1.29 is 9.59 Å². The van der Waals surface area contributed by atoms with E-state index < -0.39 is 6.04 Å². The number of benzene rings is 1. The summed E-state index contributed by atoms with van der Waals surface area (Å²) in [5.74, 6) is -0.312. The normalized spacial score (nSPS) is 15.5. The maximum atomic E-state index is 11.9. The van der Waals surface area contributed by atoms with Crippen molar-refractivity contribution in [2.45, 2.75) is 44.7 Å². The van der Waals surface area contributed by atoms with E-state index in [4.69, 9.17) is 5.73 Å². The van der Waals surface area contributed by atoms with Gasteiger partial charge in [-0.1, -0.05) is 19.4 Å². The zero-order valence-corrected chi connectivity index (χ0v) is 11.7. The van der Waals surface area contributed by atoms with Crippen LogP contribution in [0.4, 0.5) is 5.69 Å². The number of nitrogens with one attached hydrogen (secondary N) is 2. The second-order valence-electron chi connectivity index (χ2n) is 5.21. The first-order valence-electron chi connectivity index (χ1n) is 7.07. The number of carbonyl (C=O) groups is 2. The van der Waals surface area contributed by atoms with Crippen molar-refractivity contribution in [1.82, 2.24) is 5.32 Å². The van der Waals surface area contributed by atoms with Gasteiger partial charge in [0.25, 0.3) is 5.91 Å². The molecule has 5 nitrogen and oxygen atoms in total. The lowest BCUT2D eigenvalue weighted by atomic mass is 10.1. The molecule has 108 valence electrons. The van der Waals surface area contributed by atoms with Crippen molar-refractivity contribution >= 4 is 17.5 Å². The molecular formula is C15H21N3O2. The van der Waals surface area contributed by atoms with Crippen LogP contribution in [0, 0.1) is 0 Å². The van der Waals surface area contributed by atoms with Gasteiger partial charge in [0.15, 0.2) is 0 Å². The molecule has 1 aromatic rings. The summed E-state index contributed by atoms with van der Waals surface area (Å²) in [6.07, 6.45) is 3.61. The molecule has 0 saturated heterocycles. The van der Waals surface area contributed by atoms with E-state index in [0.717, 1.165) is 19.3 Å². The summed E-state index contributed by atoms with van der Waals surface area (Å²) >= 11 is 0. The van der Waals surface area contributed by atoms with Crippen molar-refractivity contribution in [3.63, 3.8) is 0 Å². The standard InChI is InChI=1S/C15H21N3O2/c1-2-4-13(16)15(20)18-12-6-3-5-10(9-12)14(19)17-11-7-8-11/h3,5-6,9,11,13H,2,4,7-8,16H2,1H3,(H,17,19)(H,18,20)/t13-/m0/s1. The third kappa shape index (κ3) is 4.06. The van der Waals surface area contributed by atoms with Gasteiger partial charge in [-0.3, -0.25) is 9.59 Å². The summed E-state index contributed by atoms with van der Waals surface area (Å²) < 4.78 is 0. The number of rotatable bonds is 6. The van der Waals surface area contributed by atoms with Crippen LogP contribution in [0.25, 0.3) is 0 Å². The van der Waals surface area contributed by atoms with Crippen LogP contribution < -0.4 is 16.4 Å². The van der Waals surface area contributed by atoms with E-state index in [2.05, 4.69) is 10.6 Å². The summed E-state index contributed by atoms with van der Waals surface area (Å²) in [5.41, 5.74) is 6.91. The Morgan fingerprint density at radius 2 is 2.15 bits per heavy atom. The molecule has 0 unspecified atom stereocenters. The summed E-state index contributed by atoms with van der Waals surface area (Å²) in [7, 11) is 0. The highest BCUT2D eigenvalue weighted by Gasteiger charge is 2.23. The minimum absolute atomic E-state index is 0.0959. The van der Waals surface area contributed by atoms with Crippen molar-refractivity contribution in [3.05, 3.63) is 29.8 Å². The Balaban J connectivity index is 1.98. The predicted octanol–water partition coefficient (Wildman–Crippen LogP) is 1.64. The fourth-order valence-electron chi connectivity index (χ4n) is 1.91. The molecule has 2 amide bonds. The fourth-order valence-corrected chi connectivity index (χ4v) is 1.91. The molecule has 20 heavy (non-hydrogen) atoms. The molecule has 1 saturated carbocycles. The Morgan fingerprint density at radius 3 is 2.80 bits per heavy atom. The van der Waals surface area contributed by atoms with Crippen LogP contribution in [0.1, 0.15) is 43.0 Å². The van der Waals surface area contributed by atoms with Gasteiger partial charge in [-0.15, -0.1) is 0 Å². The highest BCUT2D eigenvalue weighted by atomic mass is 16.2. The van der Waals surface area contributed by atoms with E-state index in [0.29, 0.717) is 23.7 Å². The van der Waals surface area contributed by atoms with Gasteiger partial charge in [0.05, 0.1) is 6.04 Å². The van der Waals surface area contributed by atoms with Gasteiger partial charge in [-0.05, 0) is 37.5 Å². The van der Waals surface area contributed by atoms with Crippen LogP contribution in [0.2, 0.25) is 0 Å². The van der Waals surface area contributed by atoms with Gasteiger partial charge in [-0.2, -0.15) is 0 Å². The number of carbonyl (C=O) groups excluding carboxylic acids is 2. The SMILES string of the molecule is CCC[C@H](N)C(=O)Nc1cccc(C(=O)NC2CC2)c1. The van der Waals surface area contributed by atoms with E-state index in [9.17, 15) is 9.59 Å². The Bertz CT molecular complexity index is 498. The molecule has 2 rings (SSSR count). The van der Waals surface area contributed by atoms with Crippen molar-refractivity contribution in [3.8, 4) is 0 Å². The average Bonchev–Trinajstić information content (AvgIpc) is 3.23. The summed E-state index contributed by atoms with van der Waals surface area (Å²) in [4.78, 5) is 23.8. The third-order valence-corrected chi connectivity index (χ3v) is 3.24. The summed E-state index contributed by atoms with van der Waals surface area (Å²) in [6, 6.07) is 6.73. The van der Waals surface area contributed by atoms with E-state index >= 15 is 0 Å². The summed E-state index contributed by atoms with van der Waals surface area (Å²) in [6.45, 7) is 1.98. The second kappa shape index (κ2) is 6.52. The number of anilines is 1. The second-order valence-corrected chi connectivity index (χ2v) is 5.21. The molecule has 5 heteroatoms. The monoisotopic (exact) mass is 275 g/mol. The molecule has 0 aliphatic heterocycles. The zero-order chi connectivity index (χ0) is 14.5. The van der Waals surface area contributed by atoms with Crippen molar-refractivity contribution in [2.24, 2.45) is 5.73 Å². The molecule has 4 N–H and O–H groups in total. The Hall–Kier alpha value is -1.88. The molecule has 1 fully saturated rings. The smallest absolute Gasteiger partial charge is 0.251 e. The van der Waals surface area contributed by atoms with Crippen molar-refractivity contribution in [1.29, 1.82) is 0 Å². The van der Waals surface area contributed by atoms with Gasteiger partial charge in [0.1, 0.15) is 0 Å². The Labute approximate surface area is 118 Å². The molecule has 1 aromatic carbocycles. The fraction of sp³-hybridized carbons (Fsp3) is 0.467. The van der Waals surface area contributed by atoms with Gasteiger partial charge < -0.3 is 16.4 Å². The minimum atomic E-state index is -0.510. The molecular weight excluding hydrogens is 254 g/mol. The van der Waals surface area contributed by atoms with Crippen LogP contribution in [0.3, 0.4) is 0 Å². The van der Waals surface area contributed by atoms with Gasteiger partial charge in [0, 0.05) is 17.3 Å². The van der Waals surface area contributed by atoms with E-state index in [1.54, 1.807) is 24.3 Å². The maximum Gasteiger partial charge on any atom is 0.251 e. The average molecular weight is 275 g/mol. The van der Waals surface area contributed by atoms with Crippen LogP contribution in [-0.4, -0.2) is 23.9 Å².